The number of ether oxygens (including phenoxy) is 1. The van der Waals surface area contributed by atoms with Crippen LogP contribution in [0.3, 0.4) is 0 Å². The molecule has 1 aromatic heterocycles. The highest BCUT2D eigenvalue weighted by Crippen LogP contribution is 2.14. The molecule has 13 heteroatoms. The Kier molecular flexibility index (Phi) is 9.75. The van der Waals surface area contributed by atoms with Gasteiger partial charge in [0.15, 0.2) is 0 Å². The summed E-state index contributed by atoms with van der Waals surface area (Å²) in [5.41, 5.74) is 10.2. The van der Waals surface area contributed by atoms with Crippen LogP contribution < -0.4 is 16.7 Å². The van der Waals surface area contributed by atoms with Crippen molar-refractivity contribution in [1.29, 1.82) is 0 Å². The molecule has 0 aliphatic heterocycles. The highest BCUT2D eigenvalue weighted by Gasteiger charge is 2.23. The molecular formula is C16H24N6O7. The number of aliphatic carboxylic acids is 1. The van der Waals surface area contributed by atoms with Gasteiger partial charge in [-0.1, -0.05) is 12.0 Å². The maximum Gasteiger partial charge on any atom is 0.330 e. The van der Waals surface area contributed by atoms with Crippen LogP contribution in [-0.2, 0) is 19.2 Å². The number of rotatable bonds is 13. The van der Waals surface area contributed by atoms with Crippen LogP contribution in [0, 0.1) is 6.92 Å². The number of aromatic amines is 1. The van der Waals surface area contributed by atoms with Gasteiger partial charge in [0.2, 0.25) is 0 Å². The number of hydrogen-bond donors (Lipinski definition) is 3. The summed E-state index contributed by atoms with van der Waals surface area (Å²) in [5.74, 6) is -1.05. The fourth-order valence-corrected chi connectivity index (χ4v) is 2.29. The standard InChI is InChI=1S/C16H24N6O7/c1-9-6-22(16(27)18-15(9)26)11(3)29-13(10(2)19-21-17)8-28-20-12(7-23)4-5-14(24)25/h6-7,10-13,20H,4-5,8H2,1-3H3,(H,24,25)(H,18,26,27)/t10?,11?,12-,13+/m0/s1. The summed E-state index contributed by atoms with van der Waals surface area (Å²) >= 11 is 0. The normalized spacial score (nSPS) is 15.0. The number of carboxylic acid groups (broad SMARTS) is 1. The number of H-pyrrole nitrogens is 1. The zero-order valence-corrected chi connectivity index (χ0v) is 16.3. The molecule has 0 aliphatic rings. The largest absolute Gasteiger partial charge is 0.481 e. The summed E-state index contributed by atoms with van der Waals surface area (Å²) in [6.45, 7) is 4.50. The minimum Gasteiger partial charge on any atom is -0.481 e. The molecule has 1 heterocycles. The van der Waals surface area contributed by atoms with Crippen molar-refractivity contribution < 1.29 is 24.3 Å². The number of carboxylic acids is 1. The summed E-state index contributed by atoms with van der Waals surface area (Å²) in [7, 11) is 0. The number of aldehydes is 1. The minimum atomic E-state index is -1.05. The smallest absolute Gasteiger partial charge is 0.330 e. The van der Waals surface area contributed by atoms with Gasteiger partial charge in [0.05, 0.1) is 24.8 Å². The summed E-state index contributed by atoms with van der Waals surface area (Å²) in [5, 5.41) is 12.2. The van der Waals surface area contributed by atoms with Crippen molar-refractivity contribution in [2.24, 2.45) is 5.11 Å². The van der Waals surface area contributed by atoms with Crippen molar-refractivity contribution in [1.82, 2.24) is 15.0 Å². The fourth-order valence-electron chi connectivity index (χ4n) is 2.29. The molecule has 0 bridgehead atoms. The van der Waals surface area contributed by atoms with Crippen molar-refractivity contribution >= 4 is 12.3 Å². The monoisotopic (exact) mass is 412 g/mol. The Morgan fingerprint density at radius 3 is 2.76 bits per heavy atom. The lowest BCUT2D eigenvalue weighted by Crippen LogP contribution is -2.40. The molecule has 0 amide bonds. The zero-order valence-electron chi connectivity index (χ0n) is 16.3. The van der Waals surface area contributed by atoms with Gasteiger partial charge >= 0.3 is 11.7 Å². The third-order valence-electron chi connectivity index (χ3n) is 4.00. The van der Waals surface area contributed by atoms with Gasteiger partial charge in [-0.2, -0.15) is 5.48 Å². The molecular weight excluding hydrogens is 388 g/mol. The summed E-state index contributed by atoms with van der Waals surface area (Å²) in [6.07, 6.45) is 0.00493. The number of aromatic nitrogens is 2. The van der Waals surface area contributed by atoms with Gasteiger partial charge in [0.1, 0.15) is 12.5 Å². The van der Waals surface area contributed by atoms with E-state index in [1.54, 1.807) is 13.8 Å². The van der Waals surface area contributed by atoms with E-state index in [0.29, 0.717) is 11.8 Å². The molecule has 4 atom stereocenters. The first-order valence-corrected chi connectivity index (χ1v) is 8.75. The van der Waals surface area contributed by atoms with Gasteiger partial charge in [0, 0.05) is 23.1 Å². The molecule has 0 saturated carbocycles. The van der Waals surface area contributed by atoms with Gasteiger partial charge in [-0.15, -0.1) is 0 Å². The van der Waals surface area contributed by atoms with E-state index in [2.05, 4.69) is 20.5 Å². The number of carbonyl (C=O) groups excluding carboxylic acids is 1. The number of nitrogens with zero attached hydrogens (tertiary/aromatic N) is 4. The topological polar surface area (TPSA) is 188 Å². The maximum absolute atomic E-state index is 12.0. The lowest BCUT2D eigenvalue weighted by Gasteiger charge is -2.26. The van der Waals surface area contributed by atoms with Crippen molar-refractivity contribution in [3.8, 4) is 0 Å². The van der Waals surface area contributed by atoms with E-state index < -0.39 is 41.6 Å². The lowest BCUT2D eigenvalue weighted by molar-refractivity contribution is -0.138. The van der Waals surface area contributed by atoms with E-state index in [9.17, 15) is 19.2 Å². The van der Waals surface area contributed by atoms with E-state index in [-0.39, 0.29) is 19.4 Å². The van der Waals surface area contributed by atoms with Crippen LogP contribution in [0.4, 0.5) is 0 Å². The first-order chi connectivity index (χ1) is 13.7. The van der Waals surface area contributed by atoms with Gasteiger partial charge < -0.3 is 14.6 Å². The highest BCUT2D eigenvalue weighted by atomic mass is 16.7. The van der Waals surface area contributed by atoms with Gasteiger partial charge in [-0.25, -0.2) is 4.79 Å². The van der Waals surface area contributed by atoms with E-state index in [0.717, 1.165) is 0 Å². The summed E-state index contributed by atoms with van der Waals surface area (Å²) in [4.78, 5) is 55.2. The van der Waals surface area contributed by atoms with E-state index >= 15 is 0 Å². The minimum absolute atomic E-state index is 0.0265. The van der Waals surface area contributed by atoms with Crippen LogP contribution in [0.5, 0.6) is 0 Å². The van der Waals surface area contributed by atoms with Gasteiger partial charge in [-0.05, 0) is 25.8 Å². The maximum atomic E-state index is 12.0. The lowest BCUT2D eigenvalue weighted by atomic mass is 10.2. The first kappa shape index (κ1) is 24.0. The Hall–Kier alpha value is -2.99. The summed E-state index contributed by atoms with van der Waals surface area (Å²) < 4.78 is 6.94. The van der Waals surface area contributed by atoms with E-state index in [1.165, 1.54) is 17.7 Å². The van der Waals surface area contributed by atoms with Crippen molar-refractivity contribution in [2.45, 2.75) is 58.0 Å². The molecule has 29 heavy (non-hydrogen) atoms. The number of azide groups is 1. The van der Waals surface area contributed by atoms with Crippen molar-refractivity contribution in [3.63, 3.8) is 0 Å². The number of carbonyl (C=O) groups is 2. The van der Waals surface area contributed by atoms with Crippen LogP contribution in [0.1, 0.15) is 38.5 Å². The third kappa shape index (κ3) is 7.87. The third-order valence-corrected chi connectivity index (χ3v) is 4.00. The Morgan fingerprint density at radius 1 is 1.48 bits per heavy atom. The Morgan fingerprint density at radius 2 is 2.17 bits per heavy atom. The predicted octanol–water partition coefficient (Wildman–Crippen LogP) is 0.401. The van der Waals surface area contributed by atoms with Crippen LogP contribution in [0.15, 0.2) is 20.9 Å². The molecule has 0 aliphatic carbocycles. The second-order valence-corrected chi connectivity index (χ2v) is 6.30. The molecule has 1 rings (SSSR count). The van der Waals surface area contributed by atoms with Crippen molar-refractivity contribution in [3.05, 3.63) is 43.0 Å². The molecule has 2 unspecified atom stereocenters. The molecule has 0 aromatic carbocycles. The molecule has 3 N–H and O–H groups in total. The molecule has 0 fully saturated rings. The van der Waals surface area contributed by atoms with E-state index in [1.807, 2.05) is 0 Å². The Balaban J connectivity index is 2.83. The van der Waals surface area contributed by atoms with Crippen LogP contribution in [0.2, 0.25) is 0 Å². The fraction of sp³-hybridized carbons (Fsp3) is 0.625. The van der Waals surface area contributed by atoms with E-state index in [4.69, 9.17) is 20.2 Å². The Bertz CT molecular complexity index is 860. The quantitative estimate of drug-likeness (QED) is 0.136. The average Bonchev–Trinajstić information content (AvgIpc) is 2.66. The molecule has 160 valence electrons. The number of aryl methyl sites for hydroxylation is 1. The molecule has 0 radical (unpaired) electrons. The number of hydroxylamine groups is 1. The highest BCUT2D eigenvalue weighted by molar-refractivity contribution is 5.68. The Labute approximate surface area is 165 Å². The predicted molar refractivity (Wildman–Crippen MR) is 100 cm³/mol. The first-order valence-electron chi connectivity index (χ1n) is 8.75. The summed E-state index contributed by atoms with van der Waals surface area (Å²) in [6, 6.07) is -1.54. The van der Waals surface area contributed by atoms with Crippen molar-refractivity contribution in [2.75, 3.05) is 6.61 Å². The second-order valence-electron chi connectivity index (χ2n) is 6.30. The van der Waals surface area contributed by atoms with Crippen LogP contribution in [0.25, 0.3) is 10.4 Å². The number of nitrogens with one attached hydrogen (secondary N) is 2. The van der Waals surface area contributed by atoms with Gasteiger partial charge in [0.25, 0.3) is 5.56 Å². The molecule has 13 nitrogen and oxygen atoms in total. The SMILES string of the molecule is Cc1cn(C(C)O[C@H](CON[C@H](C=O)CCC(=O)O)C(C)N=[N+]=[N-])c(=O)[nH]c1=O. The zero-order chi connectivity index (χ0) is 22.0. The van der Waals surface area contributed by atoms with Gasteiger partial charge in [-0.3, -0.25) is 24.0 Å². The van der Waals surface area contributed by atoms with Crippen LogP contribution in [-0.4, -0.2) is 51.7 Å². The van der Waals surface area contributed by atoms with Crippen LogP contribution >= 0.6 is 0 Å². The molecule has 0 spiro atoms. The second kappa shape index (κ2) is 11.8. The molecule has 1 aromatic rings. The number of hydrogen-bond acceptors (Lipinski definition) is 8. The molecule has 0 saturated heterocycles. The average molecular weight is 412 g/mol.